The van der Waals surface area contributed by atoms with E-state index < -0.39 is 133 Å². The number of hydrogen-bond acceptors (Lipinski definition) is 12. The maximum atomic E-state index is 14.5. The molecule has 3 aliphatic rings. The lowest BCUT2D eigenvalue weighted by molar-refractivity contribution is -0.158. The van der Waals surface area contributed by atoms with Crippen LogP contribution in [0.2, 0.25) is 0 Å². The van der Waals surface area contributed by atoms with Crippen LogP contribution in [0.5, 0.6) is 0 Å². The molecule has 0 spiro atoms. The third-order valence-electron chi connectivity index (χ3n) is 10.9. The molecule has 0 bridgehead atoms. The minimum Gasteiger partial charge on any atom is -0.462 e. The van der Waals surface area contributed by atoms with E-state index in [2.05, 4.69) is 16.0 Å². The molecule has 6 atom stereocenters. The highest BCUT2D eigenvalue weighted by Crippen LogP contribution is 2.24. The molecule has 19 nitrogen and oxygen atoms in total. The van der Waals surface area contributed by atoms with E-state index in [9.17, 15) is 51.9 Å². The highest BCUT2D eigenvalue weighted by molar-refractivity contribution is 5.98. The number of carbonyl (C=O) groups is 9. The summed E-state index contributed by atoms with van der Waals surface area (Å²) in [7, 11) is 2.55. The standard InChI is InChI=1S/C44H61F2N7O12/c1-8-9-10-11-16-35(54)48-30(21-27-19-28(45)22-29(46)20-27)37(56)49-31-24-64-42(61)33-15-13-18-53(33)39(58)26(2)47-38(57)34(51(7)41(60)32-14-12-17-52(32)40(31)59)25-63-36(55)23-50(6)43(62)65-44(3,4)5/h11,16,19-20,22,26,30-34H,8-10,12-15,17-18,21,23-25H2,1-7H3,(H,47,57)(H,48,54)(H,49,56)/b16-11+/t26-,30-,31-,32-,33-,34-/m0/s1. The summed E-state index contributed by atoms with van der Waals surface area (Å²) >= 11 is 0. The predicted octanol–water partition coefficient (Wildman–Crippen LogP) is 1.50. The van der Waals surface area contributed by atoms with Crippen molar-refractivity contribution in [1.29, 1.82) is 0 Å². The molecule has 1 aromatic carbocycles. The molecular weight excluding hydrogens is 857 g/mol. The second kappa shape index (κ2) is 23.2. The van der Waals surface area contributed by atoms with Crippen molar-refractivity contribution in [2.24, 2.45) is 0 Å². The lowest BCUT2D eigenvalue weighted by atomic mass is 10.0. The highest BCUT2D eigenvalue weighted by atomic mass is 19.1. The van der Waals surface area contributed by atoms with Gasteiger partial charge in [0.25, 0.3) is 0 Å². The average Bonchev–Trinajstić information content (AvgIpc) is 3.92. The number of halogens is 2. The maximum Gasteiger partial charge on any atom is 0.410 e. The smallest absolute Gasteiger partial charge is 0.410 e. The molecule has 3 N–H and O–H groups in total. The topological polar surface area (TPSA) is 230 Å². The van der Waals surface area contributed by atoms with Gasteiger partial charge in [-0.2, -0.15) is 0 Å². The fourth-order valence-electron chi connectivity index (χ4n) is 7.57. The Morgan fingerprint density at radius 1 is 0.969 bits per heavy atom. The summed E-state index contributed by atoms with van der Waals surface area (Å²) < 4.78 is 44.8. The van der Waals surface area contributed by atoms with Gasteiger partial charge in [0.05, 0.1) is 0 Å². The normalized spacial score (nSPS) is 22.8. The van der Waals surface area contributed by atoms with Gasteiger partial charge in [0, 0.05) is 39.7 Å². The molecule has 3 saturated heterocycles. The third kappa shape index (κ3) is 14.7. The number of rotatable bonds is 13. The zero-order valence-corrected chi connectivity index (χ0v) is 38.0. The predicted molar refractivity (Wildman–Crippen MR) is 227 cm³/mol. The van der Waals surface area contributed by atoms with E-state index in [-0.39, 0.29) is 37.9 Å². The van der Waals surface area contributed by atoms with Crippen LogP contribution in [0.15, 0.2) is 30.4 Å². The first-order valence-corrected chi connectivity index (χ1v) is 21.8. The van der Waals surface area contributed by atoms with Crippen LogP contribution in [0.3, 0.4) is 0 Å². The Morgan fingerprint density at radius 3 is 2.23 bits per heavy atom. The van der Waals surface area contributed by atoms with Crippen molar-refractivity contribution >= 4 is 53.5 Å². The zero-order chi connectivity index (χ0) is 48.2. The second-order valence-corrected chi connectivity index (χ2v) is 17.4. The Morgan fingerprint density at radius 2 is 1.60 bits per heavy atom. The highest BCUT2D eigenvalue weighted by Gasteiger charge is 2.44. The van der Waals surface area contributed by atoms with Crippen molar-refractivity contribution in [3.8, 4) is 0 Å². The quantitative estimate of drug-likeness (QED) is 0.111. The number of esters is 2. The Hall–Kier alpha value is -6.15. The first-order chi connectivity index (χ1) is 30.6. The molecule has 0 aliphatic carbocycles. The number of fused-ring (bicyclic) bond motifs is 2. The molecule has 1 aromatic rings. The van der Waals surface area contributed by atoms with Gasteiger partial charge >= 0.3 is 18.0 Å². The summed E-state index contributed by atoms with van der Waals surface area (Å²) in [5.74, 6) is -8.68. The number of likely N-dealkylation sites (N-methyl/N-ethyl adjacent to an activating group) is 2. The van der Waals surface area contributed by atoms with Crippen LogP contribution in [0.1, 0.15) is 85.1 Å². The van der Waals surface area contributed by atoms with E-state index >= 15 is 0 Å². The Labute approximate surface area is 376 Å². The van der Waals surface area contributed by atoms with E-state index in [1.54, 1.807) is 26.8 Å². The Bertz CT molecular complexity index is 1970. The fraction of sp³-hybridized carbons (Fsp3) is 0.614. The van der Waals surface area contributed by atoms with Crippen molar-refractivity contribution < 1.29 is 66.1 Å². The molecule has 0 unspecified atom stereocenters. The molecule has 21 heteroatoms. The van der Waals surface area contributed by atoms with Crippen LogP contribution in [0, 0.1) is 11.6 Å². The second-order valence-electron chi connectivity index (χ2n) is 17.4. The molecule has 358 valence electrons. The SMILES string of the molecule is CCCC/C=C/C(=O)N[C@@H](Cc1cc(F)cc(F)c1)C(=O)N[C@H]1COC(=O)[C@@H]2CCCN2C(=O)[C@H](C)NC(=O)[C@H](COC(=O)CN(C)C(=O)OC(C)(C)C)N(C)C(=O)[C@@H]2CCCN2C1=O. The maximum absolute atomic E-state index is 14.5. The number of allylic oxidation sites excluding steroid dienone is 1. The Balaban J connectivity index is 1.67. The molecule has 0 radical (unpaired) electrons. The number of carbonyl (C=O) groups excluding carboxylic acids is 9. The minimum absolute atomic E-state index is 0.00134. The van der Waals surface area contributed by atoms with Gasteiger partial charge in [0.15, 0.2) is 0 Å². The average molecular weight is 918 g/mol. The van der Waals surface area contributed by atoms with Gasteiger partial charge in [0.2, 0.25) is 35.4 Å². The van der Waals surface area contributed by atoms with Gasteiger partial charge in [-0.15, -0.1) is 0 Å². The van der Waals surface area contributed by atoms with Crippen LogP contribution in [-0.2, 0) is 59.0 Å². The van der Waals surface area contributed by atoms with Crippen molar-refractivity contribution in [2.45, 2.75) is 128 Å². The van der Waals surface area contributed by atoms with Crippen molar-refractivity contribution in [2.75, 3.05) is 46.9 Å². The number of cyclic esters (lactones) is 1. The molecular formula is C44H61F2N7O12. The van der Waals surface area contributed by atoms with Crippen LogP contribution < -0.4 is 16.0 Å². The van der Waals surface area contributed by atoms with Gasteiger partial charge in [-0.05, 0) is 83.6 Å². The molecule has 4 rings (SSSR count). The van der Waals surface area contributed by atoms with E-state index in [0.717, 1.165) is 39.7 Å². The van der Waals surface area contributed by atoms with Crippen molar-refractivity contribution in [3.05, 3.63) is 47.5 Å². The first-order valence-electron chi connectivity index (χ1n) is 21.8. The van der Waals surface area contributed by atoms with Gasteiger partial charge in [0.1, 0.15) is 73.2 Å². The van der Waals surface area contributed by atoms with E-state index in [1.165, 1.54) is 32.0 Å². The summed E-state index contributed by atoms with van der Waals surface area (Å²) in [6.45, 7) is 6.27. The number of hydrogen-bond donors (Lipinski definition) is 3. The Kier molecular flexibility index (Phi) is 18.3. The summed E-state index contributed by atoms with van der Waals surface area (Å²) in [4.78, 5) is 127. The van der Waals surface area contributed by atoms with Crippen molar-refractivity contribution in [3.63, 3.8) is 0 Å². The third-order valence-corrected chi connectivity index (χ3v) is 10.9. The number of benzene rings is 1. The van der Waals surface area contributed by atoms with Crippen LogP contribution in [0.25, 0.3) is 0 Å². The first kappa shape index (κ1) is 51.5. The summed E-state index contributed by atoms with van der Waals surface area (Å²) in [5.41, 5.74) is -0.858. The fourth-order valence-corrected chi connectivity index (χ4v) is 7.57. The van der Waals surface area contributed by atoms with E-state index in [0.29, 0.717) is 18.9 Å². The molecule has 7 amide bonds. The van der Waals surface area contributed by atoms with E-state index in [1.807, 2.05) is 6.92 Å². The van der Waals surface area contributed by atoms with Crippen LogP contribution in [-0.4, -0.2) is 162 Å². The molecule has 3 fully saturated rings. The largest absolute Gasteiger partial charge is 0.462 e. The lowest BCUT2D eigenvalue weighted by Gasteiger charge is -2.35. The molecule has 3 heterocycles. The van der Waals surface area contributed by atoms with Gasteiger partial charge in [-0.3, -0.25) is 33.6 Å². The summed E-state index contributed by atoms with van der Waals surface area (Å²) in [6, 6.07) is -5.80. The van der Waals surface area contributed by atoms with Crippen molar-refractivity contribution in [1.82, 2.24) is 35.6 Å². The number of nitrogens with zero attached hydrogens (tertiary/aromatic N) is 4. The monoisotopic (exact) mass is 917 g/mol. The summed E-state index contributed by atoms with van der Waals surface area (Å²) in [6.07, 6.45) is 4.71. The molecule has 3 aliphatic heterocycles. The number of amides is 7. The van der Waals surface area contributed by atoms with Crippen LogP contribution in [0.4, 0.5) is 13.6 Å². The molecule has 0 aromatic heterocycles. The van der Waals surface area contributed by atoms with Gasteiger partial charge in [-0.1, -0.05) is 25.8 Å². The van der Waals surface area contributed by atoms with E-state index in [4.69, 9.17) is 14.2 Å². The number of unbranched alkanes of at least 4 members (excludes halogenated alkanes) is 2. The zero-order valence-electron chi connectivity index (χ0n) is 38.0. The summed E-state index contributed by atoms with van der Waals surface area (Å²) in [5, 5.41) is 7.60. The molecule has 0 saturated carbocycles. The molecule has 65 heavy (non-hydrogen) atoms. The number of nitrogens with one attached hydrogen (secondary N) is 3. The minimum atomic E-state index is -1.69. The van der Waals surface area contributed by atoms with Crippen LogP contribution >= 0.6 is 0 Å². The van der Waals surface area contributed by atoms with Gasteiger partial charge < -0.3 is 49.8 Å². The number of ether oxygens (including phenoxy) is 3. The lowest BCUT2D eigenvalue weighted by Crippen LogP contribution is -2.61. The van der Waals surface area contributed by atoms with Gasteiger partial charge in [-0.25, -0.2) is 18.4 Å².